The summed E-state index contributed by atoms with van der Waals surface area (Å²) in [6.45, 7) is 7.26. The molecule has 0 aromatic rings. The lowest BCUT2D eigenvalue weighted by molar-refractivity contribution is 0.0304. The van der Waals surface area contributed by atoms with Crippen LogP contribution in [0, 0.1) is 5.41 Å². The predicted octanol–water partition coefficient (Wildman–Crippen LogP) is 1.65. The van der Waals surface area contributed by atoms with Gasteiger partial charge in [-0.05, 0) is 38.8 Å². The minimum absolute atomic E-state index is 0.231. The summed E-state index contributed by atoms with van der Waals surface area (Å²) >= 11 is 0. The highest BCUT2D eigenvalue weighted by Crippen LogP contribution is 2.23. The predicted molar refractivity (Wildman–Crippen MR) is 72.9 cm³/mol. The Hall–Kier alpha value is -0.810. The highest BCUT2D eigenvalue weighted by molar-refractivity contribution is 5.85. The molecule has 1 unspecified atom stereocenters. The smallest absolute Gasteiger partial charge is 0.144 e. The van der Waals surface area contributed by atoms with Crippen LogP contribution in [0.5, 0.6) is 0 Å². The van der Waals surface area contributed by atoms with Gasteiger partial charge in [-0.3, -0.25) is 0 Å². The molecule has 0 bridgehead atoms. The zero-order valence-corrected chi connectivity index (χ0v) is 11.9. The molecule has 1 aliphatic heterocycles. The van der Waals surface area contributed by atoms with Gasteiger partial charge in [-0.1, -0.05) is 19.0 Å². The molecule has 1 rings (SSSR count). The second kappa shape index (κ2) is 6.95. The molecule has 5 nitrogen and oxygen atoms in total. The summed E-state index contributed by atoms with van der Waals surface area (Å²) in [6.07, 6.45) is 4.75. The van der Waals surface area contributed by atoms with Crippen molar-refractivity contribution in [3.05, 3.63) is 0 Å². The number of hydrogen-bond acceptors (Lipinski definition) is 4. The van der Waals surface area contributed by atoms with E-state index in [1.54, 1.807) is 7.11 Å². The first-order chi connectivity index (χ1) is 8.49. The van der Waals surface area contributed by atoms with Gasteiger partial charge >= 0.3 is 0 Å². The van der Waals surface area contributed by atoms with Gasteiger partial charge in [0.05, 0.1) is 6.10 Å². The van der Waals surface area contributed by atoms with Crippen LogP contribution in [0.4, 0.5) is 0 Å². The van der Waals surface area contributed by atoms with Gasteiger partial charge in [0.1, 0.15) is 5.84 Å². The molecule has 1 fully saturated rings. The van der Waals surface area contributed by atoms with Crippen LogP contribution in [0.25, 0.3) is 0 Å². The molecule has 0 aliphatic carbocycles. The summed E-state index contributed by atoms with van der Waals surface area (Å²) in [5.41, 5.74) is 5.45. The normalized spacial score (nSPS) is 23.3. The van der Waals surface area contributed by atoms with Crippen LogP contribution in [-0.4, -0.2) is 48.8 Å². The monoisotopic (exact) mass is 257 g/mol. The van der Waals surface area contributed by atoms with Crippen molar-refractivity contribution in [3.8, 4) is 0 Å². The molecule has 0 aromatic heterocycles. The number of likely N-dealkylation sites (tertiary alicyclic amines) is 1. The second-order valence-corrected chi connectivity index (χ2v) is 5.77. The van der Waals surface area contributed by atoms with Crippen molar-refractivity contribution in [2.24, 2.45) is 16.3 Å². The van der Waals surface area contributed by atoms with E-state index in [0.717, 1.165) is 32.5 Å². The molecule has 0 amide bonds. The topological polar surface area (TPSA) is 71.1 Å². The highest BCUT2D eigenvalue weighted by atomic mass is 16.5. The van der Waals surface area contributed by atoms with Gasteiger partial charge in [-0.25, -0.2) is 0 Å². The molecular weight excluding hydrogens is 230 g/mol. The van der Waals surface area contributed by atoms with Crippen LogP contribution in [-0.2, 0) is 4.74 Å². The maximum atomic E-state index is 8.72. The summed E-state index contributed by atoms with van der Waals surface area (Å²) in [4.78, 5) is 2.44. The van der Waals surface area contributed by atoms with Crippen molar-refractivity contribution in [1.82, 2.24) is 4.90 Å². The van der Waals surface area contributed by atoms with Gasteiger partial charge in [0.15, 0.2) is 0 Å². The lowest BCUT2D eigenvalue weighted by Crippen LogP contribution is -2.40. The number of hydrogen-bond donors (Lipinski definition) is 2. The second-order valence-electron chi connectivity index (χ2n) is 5.77. The molecule has 0 aromatic carbocycles. The molecule has 0 radical (unpaired) electrons. The largest absolute Gasteiger partial charge is 0.409 e. The van der Waals surface area contributed by atoms with Gasteiger partial charge in [0.25, 0.3) is 0 Å². The third-order valence-electron chi connectivity index (χ3n) is 3.87. The molecular formula is C13H27N3O2. The Balaban J connectivity index is 2.29. The minimum atomic E-state index is -0.231. The zero-order chi connectivity index (χ0) is 13.6. The van der Waals surface area contributed by atoms with Crippen LogP contribution < -0.4 is 5.73 Å². The van der Waals surface area contributed by atoms with Gasteiger partial charge in [-0.2, -0.15) is 0 Å². The Morgan fingerprint density at radius 1 is 1.56 bits per heavy atom. The highest BCUT2D eigenvalue weighted by Gasteiger charge is 2.24. The molecule has 0 saturated carbocycles. The van der Waals surface area contributed by atoms with E-state index in [2.05, 4.69) is 10.1 Å². The molecule has 1 saturated heterocycles. The Bertz CT molecular complexity index is 279. The Morgan fingerprint density at radius 3 is 2.89 bits per heavy atom. The fourth-order valence-corrected chi connectivity index (χ4v) is 2.42. The van der Waals surface area contributed by atoms with E-state index >= 15 is 0 Å². The number of ether oxygens (including phenoxy) is 1. The first-order valence-corrected chi connectivity index (χ1v) is 6.72. The molecule has 18 heavy (non-hydrogen) atoms. The summed E-state index contributed by atoms with van der Waals surface area (Å²) < 4.78 is 5.41. The summed E-state index contributed by atoms with van der Waals surface area (Å²) in [7, 11) is 1.79. The first kappa shape index (κ1) is 15.2. The number of nitrogens with two attached hydrogens (primary N) is 1. The van der Waals surface area contributed by atoms with E-state index in [1.807, 2.05) is 13.8 Å². The average Bonchev–Trinajstić information content (AvgIpc) is 2.37. The molecule has 1 heterocycles. The van der Waals surface area contributed by atoms with Crippen molar-refractivity contribution in [1.29, 1.82) is 0 Å². The van der Waals surface area contributed by atoms with Crippen molar-refractivity contribution in [2.45, 2.75) is 45.6 Å². The Labute approximate surface area is 110 Å². The van der Waals surface area contributed by atoms with Crippen LogP contribution >= 0.6 is 0 Å². The van der Waals surface area contributed by atoms with E-state index in [4.69, 9.17) is 15.7 Å². The molecule has 0 spiro atoms. The van der Waals surface area contributed by atoms with Crippen molar-refractivity contribution in [2.75, 3.05) is 26.7 Å². The Kier molecular flexibility index (Phi) is 5.88. The number of nitrogens with zero attached hydrogens (tertiary/aromatic N) is 2. The third-order valence-corrected chi connectivity index (χ3v) is 3.87. The molecule has 1 atom stereocenters. The van der Waals surface area contributed by atoms with Gasteiger partial charge in [0.2, 0.25) is 0 Å². The van der Waals surface area contributed by atoms with E-state index < -0.39 is 0 Å². The van der Waals surface area contributed by atoms with E-state index in [0.29, 0.717) is 11.9 Å². The molecule has 5 heteroatoms. The number of amidine groups is 1. The van der Waals surface area contributed by atoms with Gasteiger partial charge in [-0.15, -0.1) is 0 Å². The summed E-state index contributed by atoms with van der Waals surface area (Å²) in [5.74, 6) is 0.316. The SMILES string of the molecule is COC1CCCN(CCCC(C)(C)C(N)=NO)C1. The van der Waals surface area contributed by atoms with E-state index in [9.17, 15) is 0 Å². The van der Waals surface area contributed by atoms with Gasteiger partial charge in [0, 0.05) is 19.1 Å². The number of oxime groups is 1. The third kappa shape index (κ3) is 4.46. The fraction of sp³-hybridized carbons (Fsp3) is 0.923. The molecule has 3 N–H and O–H groups in total. The van der Waals surface area contributed by atoms with Crippen LogP contribution in [0.2, 0.25) is 0 Å². The molecule has 106 valence electrons. The minimum Gasteiger partial charge on any atom is -0.409 e. The maximum Gasteiger partial charge on any atom is 0.144 e. The zero-order valence-electron chi connectivity index (χ0n) is 11.9. The maximum absolute atomic E-state index is 8.72. The van der Waals surface area contributed by atoms with Crippen molar-refractivity contribution < 1.29 is 9.94 Å². The lowest BCUT2D eigenvalue weighted by Gasteiger charge is -2.32. The van der Waals surface area contributed by atoms with Crippen LogP contribution in [0.1, 0.15) is 39.5 Å². The lowest BCUT2D eigenvalue weighted by atomic mass is 9.86. The van der Waals surface area contributed by atoms with Crippen LogP contribution in [0.15, 0.2) is 5.16 Å². The first-order valence-electron chi connectivity index (χ1n) is 6.72. The van der Waals surface area contributed by atoms with Gasteiger partial charge < -0.3 is 20.6 Å². The summed E-state index contributed by atoms with van der Waals surface area (Å²) in [6, 6.07) is 0. The van der Waals surface area contributed by atoms with E-state index in [1.165, 1.54) is 12.8 Å². The van der Waals surface area contributed by atoms with Crippen molar-refractivity contribution >= 4 is 5.84 Å². The standard InChI is InChI=1S/C13H27N3O2/c1-13(2,12(14)15-17)7-5-9-16-8-4-6-11(10-16)18-3/h11,17H,4-10H2,1-3H3,(H2,14,15). The number of methoxy groups -OCH3 is 1. The summed E-state index contributed by atoms with van der Waals surface area (Å²) in [5, 5.41) is 11.8. The Morgan fingerprint density at radius 2 is 2.28 bits per heavy atom. The fourth-order valence-electron chi connectivity index (χ4n) is 2.42. The van der Waals surface area contributed by atoms with Crippen LogP contribution in [0.3, 0.4) is 0 Å². The van der Waals surface area contributed by atoms with Crippen molar-refractivity contribution in [3.63, 3.8) is 0 Å². The quantitative estimate of drug-likeness (QED) is 0.328. The van der Waals surface area contributed by atoms with E-state index in [-0.39, 0.29) is 5.41 Å². The molecule has 1 aliphatic rings. The number of piperidine rings is 1. The number of rotatable bonds is 6. The average molecular weight is 257 g/mol.